The van der Waals surface area contributed by atoms with E-state index >= 15 is 0 Å². The predicted octanol–water partition coefficient (Wildman–Crippen LogP) is 3.99. The first-order valence-corrected chi connectivity index (χ1v) is 10.1. The highest BCUT2D eigenvalue weighted by molar-refractivity contribution is 6.04. The zero-order chi connectivity index (χ0) is 20.3. The molecule has 5 rings (SSSR count). The van der Waals surface area contributed by atoms with Crippen molar-refractivity contribution < 1.29 is 4.79 Å². The number of aromatic nitrogens is 4. The Hall–Kier alpha value is -3.74. The number of hydrogen-bond acceptors (Lipinski definition) is 5. The summed E-state index contributed by atoms with van der Waals surface area (Å²) in [6.45, 7) is 1.87. The van der Waals surface area contributed by atoms with Crippen LogP contribution in [0.25, 0.3) is 11.0 Å². The maximum atomic E-state index is 12.5. The molecule has 1 amide bonds. The summed E-state index contributed by atoms with van der Waals surface area (Å²) in [5.41, 5.74) is 3.49. The van der Waals surface area contributed by atoms with Crippen LogP contribution in [-0.4, -0.2) is 38.9 Å². The van der Waals surface area contributed by atoms with Gasteiger partial charge in [0, 0.05) is 48.8 Å². The van der Waals surface area contributed by atoms with Gasteiger partial charge in [0.1, 0.15) is 17.8 Å². The van der Waals surface area contributed by atoms with Crippen molar-refractivity contribution in [2.45, 2.75) is 18.8 Å². The van der Waals surface area contributed by atoms with Crippen molar-refractivity contribution in [3.63, 3.8) is 0 Å². The number of amides is 1. The normalized spacial score (nSPS) is 16.5. The van der Waals surface area contributed by atoms with E-state index in [0.29, 0.717) is 11.5 Å². The van der Waals surface area contributed by atoms with Crippen LogP contribution in [0.3, 0.4) is 0 Å². The Morgan fingerprint density at radius 3 is 2.93 bits per heavy atom. The minimum Gasteiger partial charge on any atom is -0.355 e. The number of carbonyl (C=O) groups is 1. The molecule has 7 nitrogen and oxygen atoms in total. The number of rotatable bonds is 4. The summed E-state index contributed by atoms with van der Waals surface area (Å²) in [5, 5.41) is 4.05. The van der Waals surface area contributed by atoms with E-state index in [1.54, 1.807) is 30.9 Å². The van der Waals surface area contributed by atoms with Crippen LogP contribution in [0.4, 0.5) is 11.5 Å². The molecule has 4 aromatic rings. The van der Waals surface area contributed by atoms with Crippen molar-refractivity contribution in [3.05, 3.63) is 78.5 Å². The van der Waals surface area contributed by atoms with Crippen molar-refractivity contribution in [3.8, 4) is 0 Å². The Labute approximate surface area is 174 Å². The van der Waals surface area contributed by atoms with Crippen molar-refractivity contribution in [2.24, 2.45) is 0 Å². The molecule has 30 heavy (non-hydrogen) atoms. The minimum absolute atomic E-state index is 0.129. The number of nitrogens with one attached hydrogen (secondary N) is 2. The lowest BCUT2D eigenvalue weighted by atomic mass is 9.90. The largest absolute Gasteiger partial charge is 0.355 e. The lowest BCUT2D eigenvalue weighted by Crippen LogP contribution is -2.35. The van der Waals surface area contributed by atoms with Gasteiger partial charge in [0.2, 0.25) is 0 Å². The summed E-state index contributed by atoms with van der Waals surface area (Å²) in [5.74, 6) is 1.23. The van der Waals surface area contributed by atoms with Gasteiger partial charge in [-0.25, -0.2) is 9.97 Å². The number of benzene rings is 1. The predicted molar refractivity (Wildman–Crippen MR) is 117 cm³/mol. The lowest BCUT2D eigenvalue weighted by Gasteiger charge is -2.34. The molecule has 0 bridgehead atoms. The lowest BCUT2D eigenvalue weighted by molar-refractivity contribution is 0.102. The number of carbonyl (C=O) groups excluding carboxylic acids is 1. The van der Waals surface area contributed by atoms with Gasteiger partial charge in [0.25, 0.3) is 5.91 Å². The van der Waals surface area contributed by atoms with Crippen LogP contribution < -0.4 is 10.2 Å². The number of fused-ring (bicyclic) bond motifs is 1. The Morgan fingerprint density at radius 1 is 1.13 bits per heavy atom. The molecule has 0 radical (unpaired) electrons. The van der Waals surface area contributed by atoms with Crippen LogP contribution >= 0.6 is 0 Å². The SMILES string of the molecule is O=C(Nc1cccc(C2CCCN(c3ncnc4[nH]ccc34)C2)c1)c1ccncc1. The van der Waals surface area contributed by atoms with Crippen molar-refractivity contribution in [1.29, 1.82) is 0 Å². The second kappa shape index (κ2) is 7.94. The third-order valence-corrected chi connectivity index (χ3v) is 5.61. The molecule has 4 heterocycles. The standard InChI is InChI=1S/C23H22N6O/c30-23(16-6-9-24-10-7-16)28-19-5-1-3-17(13-19)18-4-2-12-29(14-18)22-20-8-11-25-21(20)26-15-27-22/h1,3,5-11,13,15,18H,2,4,12,14H2,(H,28,30)(H,25,26,27). The fourth-order valence-corrected chi connectivity index (χ4v) is 4.13. The average molecular weight is 398 g/mol. The smallest absolute Gasteiger partial charge is 0.255 e. The highest BCUT2D eigenvalue weighted by atomic mass is 16.1. The van der Waals surface area contributed by atoms with Crippen LogP contribution in [-0.2, 0) is 0 Å². The Morgan fingerprint density at radius 2 is 2.03 bits per heavy atom. The Balaban J connectivity index is 1.35. The van der Waals surface area contributed by atoms with E-state index in [2.05, 4.69) is 42.3 Å². The van der Waals surface area contributed by atoms with Gasteiger partial charge in [-0.2, -0.15) is 0 Å². The van der Waals surface area contributed by atoms with Crippen molar-refractivity contribution in [1.82, 2.24) is 19.9 Å². The Kier molecular flexibility index (Phi) is 4.85. The third-order valence-electron chi connectivity index (χ3n) is 5.61. The van der Waals surface area contributed by atoms with Gasteiger partial charge in [-0.1, -0.05) is 12.1 Å². The zero-order valence-electron chi connectivity index (χ0n) is 16.5. The highest BCUT2D eigenvalue weighted by Crippen LogP contribution is 2.32. The maximum Gasteiger partial charge on any atom is 0.255 e. The van der Waals surface area contributed by atoms with Gasteiger partial charge in [-0.15, -0.1) is 0 Å². The molecule has 1 saturated heterocycles. The molecular weight excluding hydrogens is 376 g/mol. The molecule has 1 unspecified atom stereocenters. The van der Waals surface area contributed by atoms with Gasteiger partial charge in [-0.3, -0.25) is 9.78 Å². The molecule has 1 aliphatic heterocycles. The first-order chi connectivity index (χ1) is 14.8. The fraction of sp³-hybridized carbons (Fsp3) is 0.217. The summed E-state index contributed by atoms with van der Waals surface area (Å²) < 4.78 is 0. The second-order valence-corrected chi connectivity index (χ2v) is 7.54. The zero-order valence-corrected chi connectivity index (χ0v) is 16.5. The second-order valence-electron chi connectivity index (χ2n) is 7.54. The monoisotopic (exact) mass is 398 g/mol. The van der Waals surface area contributed by atoms with Gasteiger partial charge >= 0.3 is 0 Å². The average Bonchev–Trinajstić information content (AvgIpc) is 3.29. The molecule has 0 saturated carbocycles. The van der Waals surface area contributed by atoms with E-state index in [1.807, 2.05) is 24.4 Å². The number of H-pyrrole nitrogens is 1. The van der Waals surface area contributed by atoms with E-state index in [1.165, 1.54) is 5.56 Å². The van der Waals surface area contributed by atoms with Crippen molar-refractivity contribution in [2.75, 3.05) is 23.3 Å². The molecule has 7 heteroatoms. The first kappa shape index (κ1) is 18.3. The summed E-state index contributed by atoms with van der Waals surface area (Å²) in [7, 11) is 0. The van der Waals surface area contributed by atoms with Crippen LogP contribution in [0.5, 0.6) is 0 Å². The van der Waals surface area contributed by atoms with Crippen LogP contribution in [0, 0.1) is 0 Å². The first-order valence-electron chi connectivity index (χ1n) is 10.1. The van der Waals surface area contributed by atoms with E-state index in [-0.39, 0.29) is 5.91 Å². The number of hydrogen-bond donors (Lipinski definition) is 2. The molecule has 3 aromatic heterocycles. The molecule has 2 N–H and O–H groups in total. The maximum absolute atomic E-state index is 12.5. The fourth-order valence-electron chi connectivity index (χ4n) is 4.13. The van der Waals surface area contributed by atoms with E-state index in [9.17, 15) is 4.79 Å². The van der Waals surface area contributed by atoms with Crippen LogP contribution in [0.15, 0.2) is 67.4 Å². The summed E-state index contributed by atoms with van der Waals surface area (Å²) in [6, 6.07) is 13.6. The topological polar surface area (TPSA) is 86.8 Å². The van der Waals surface area contributed by atoms with Gasteiger partial charge in [-0.05, 0) is 48.7 Å². The highest BCUT2D eigenvalue weighted by Gasteiger charge is 2.24. The van der Waals surface area contributed by atoms with Gasteiger partial charge < -0.3 is 15.2 Å². The number of aromatic amines is 1. The Bertz CT molecular complexity index is 1170. The van der Waals surface area contributed by atoms with E-state index in [0.717, 1.165) is 48.5 Å². The molecule has 1 aliphatic rings. The number of pyridine rings is 1. The van der Waals surface area contributed by atoms with Gasteiger partial charge in [0.05, 0.1) is 5.39 Å². The van der Waals surface area contributed by atoms with E-state index in [4.69, 9.17) is 0 Å². The quantitative estimate of drug-likeness (QED) is 0.543. The molecule has 1 fully saturated rings. The molecule has 1 atom stereocenters. The summed E-state index contributed by atoms with van der Waals surface area (Å²) in [4.78, 5) is 30.8. The summed E-state index contributed by atoms with van der Waals surface area (Å²) >= 11 is 0. The number of piperidine rings is 1. The minimum atomic E-state index is -0.129. The molecule has 0 spiro atoms. The van der Waals surface area contributed by atoms with E-state index < -0.39 is 0 Å². The molecule has 0 aliphatic carbocycles. The summed E-state index contributed by atoms with van der Waals surface area (Å²) in [6.07, 6.45) is 8.97. The van der Waals surface area contributed by atoms with Crippen molar-refractivity contribution >= 4 is 28.4 Å². The molecule has 150 valence electrons. The van der Waals surface area contributed by atoms with Crippen LogP contribution in [0.2, 0.25) is 0 Å². The van der Waals surface area contributed by atoms with Crippen LogP contribution in [0.1, 0.15) is 34.7 Å². The molecule has 1 aromatic carbocycles. The third kappa shape index (κ3) is 3.61. The number of nitrogens with zero attached hydrogens (tertiary/aromatic N) is 4. The molecular formula is C23H22N6O. The van der Waals surface area contributed by atoms with Gasteiger partial charge in [0.15, 0.2) is 0 Å². The number of anilines is 2.